The highest BCUT2D eigenvalue weighted by atomic mass is 32.2. The quantitative estimate of drug-likeness (QED) is 0.886. The molecule has 2 N–H and O–H groups in total. The van der Waals surface area contributed by atoms with Crippen LogP contribution in [-0.4, -0.2) is 37.5 Å². The molecule has 1 heterocycles. The Morgan fingerprint density at radius 3 is 2.76 bits per heavy atom. The van der Waals surface area contributed by atoms with E-state index in [-0.39, 0.29) is 24.6 Å². The second-order valence-corrected chi connectivity index (χ2v) is 6.91. The van der Waals surface area contributed by atoms with E-state index in [2.05, 4.69) is 4.72 Å². The molecule has 0 bridgehead atoms. The molecule has 1 aliphatic heterocycles. The van der Waals surface area contributed by atoms with Crippen LogP contribution < -0.4 is 4.72 Å². The predicted molar refractivity (Wildman–Crippen MR) is 75.0 cm³/mol. The molecule has 0 radical (unpaired) electrons. The van der Waals surface area contributed by atoms with Gasteiger partial charge in [0.15, 0.2) is 0 Å². The van der Waals surface area contributed by atoms with Crippen LogP contribution in [0.4, 0.5) is 14.5 Å². The van der Waals surface area contributed by atoms with E-state index in [9.17, 15) is 17.2 Å². The zero-order valence-electron chi connectivity index (χ0n) is 11.6. The maximum absolute atomic E-state index is 13.7. The lowest BCUT2D eigenvalue weighted by molar-refractivity contribution is 0.166. The van der Waals surface area contributed by atoms with E-state index in [1.54, 1.807) is 0 Å². The molecule has 1 saturated heterocycles. The van der Waals surface area contributed by atoms with Gasteiger partial charge in [0, 0.05) is 25.8 Å². The number of halogens is 2. The third-order valence-electron chi connectivity index (χ3n) is 3.57. The fraction of sp³-hybridized carbons (Fsp3) is 0.538. The Morgan fingerprint density at radius 1 is 1.38 bits per heavy atom. The number of rotatable bonds is 4. The molecular weight excluding hydrogens is 302 g/mol. The smallest absolute Gasteiger partial charge is 0.301 e. The Kier molecular flexibility index (Phi) is 4.80. The van der Waals surface area contributed by atoms with Crippen molar-refractivity contribution in [2.45, 2.75) is 19.8 Å². The summed E-state index contributed by atoms with van der Waals surface area (Å²) < 4.78 is 54.8. The lowest BCUT2D eigenvalue weighted by Crippen LogP contribution is -2.43. The highest BCUT2D eigenvalue weighted by Crippen LogP contribution is 2.23. The molecule has 0 saturated carbocycles. The number of nitrogens with zero attached hydrogens (tertiary/aromatic N) is 1. The van der Waals surface area contributed by atoms with Gasteiger partial charge in [-0.05, 0) is 37.3 Å². The fourth-order valence-corrected chi connectivity index (χ4v) is 3.66. The van der Waals surface area contributed by atoms with Crippen molar-refractivity contribution >= 4 is 15.9 Å². The molecule has 5 nitrogen and oxygen atoms in total. The lowest BCUT2D eigenvalue weighted by Gasteiger charge is -2.31. The fourth-order valence-electron chi connectivity index (χ4n) is 2.32. The van der Waals surface area contributed by atoms with Crippen molar-refractivity contribution in [3.8, 4) is 0 Å². The van der Waals surface area contributed by atoms with Crippen LogP contribution in [0.2, 0.25) is 0 Å². The van der Waals surface area contributed by atoms with Crippen LogP contribution >= 0.6 is 0 Å². The normalized spacial score (nSPS) is 20.5. The van der Waals surface area contributed by atoms with Gasteiger partial charge in [-0.2, -0.15) is 12.7 Å². The van der Waals surface area contributed by atoms with Crippen molar-refractivity contribution in [2.75, 3.05) is 24.4 Å². The molecule has 1 fully saturated rings. The van der Waals surface area contributed by atoms with E-state index >= 15 is 0 Å². The molecule has 1 aromatic rings. The molecule has 1 aliphatic rings. The number of anilines is 1. The van der Waals surface area contributed by atoms with E-state index in [1.165, 1.54) is 6.92 Å². The Hall–Kier alpha value is -1.25. The maximum atomic E-state index is 13.7. The maximum Gasteiger partial charge on any atom is 0.301 e. The molecule has 118 valence electrons. The van der Waals surface area contributed by atoms with Gasteiger partial charge in [-0.15, -0.1) is 0 Å². The first kappa shape index (κ1) is 16.1. The number of hydrogen-bond donors (Lipinski definition) is 2. The summed E-state index contributed by atoms with van der Waals surface area (Å²) in [6.07, 6.45) is 1.37. The average Bonchev–Trinajstić information content (AvgIpc) is 2.44. The summed E-state index contributed by atoms with van der Waals surface area (Å²) in [6, 6.07) is 1.77. The zero-order valence-corrected chi connectivity index (χ0v) is 12.5. The number of aliphatic hydroxyl groups excluding tert-OH is 1. The molecule has 1 aromatic carbocycles. The summed E-state index contributed by atoms with van der Waals surface area (Å²) in [6.45, 7) is 1.76. The van der Waals surface area contributed by atoms with E-state index in [0.29, 0.717) is 13.0 Å². The molecular formula is C13H18F2N2O3S. The van der Waals surface area contributed by atoms with Crippen LogP contribution in [0.15, 0.2) is 12.1 Å². The molecule has 0 amide bonds. The second kappa shape index (κ2) is 6.25. The van der Waals surface area contributed by atoms with Crippen LogP contribution in [0.1, 0.15) is 18.4 Å². The van der Waals surface area contributed by atoms with Crippen LogP contribution in [0, 0.1) is 24.5 Å². The van der Waals surface area contributed by atoms with Gasteiger partial charge in [0.1, 0.15) is 11.6 Å². The summed E-state index contributed by atoms with van der Waals surface area (Å²) in [5, 5.41) is 9.12. The number of piperidine rings is 1. The number of benzene rings is 1. The van der Waals surface area contributed by atoms with Crippen molar-refractivity contribution in [2.24, 2.45) is 5.92 Å². The third-order valence-corrected chi connectivity index (χ3v) is 5.06. The molecule has 8 heteroatoms. The van der Waals surface area contributed by atoms with E-state index in [4.69, 9.17) is 5.11 Å². The van der Waals surface area contributed by atoms with Gasteiger partial charge in [-0.3, -0.25) is 4.72 Å². The van der Waals surface area contributed by atoms with Gasteiger partial charge in [-0.25, -0.2) is 8.78 Å². The highest BCUT2D eigenvalue weighted by molar-refractivity contribution is 7.90. The highest BCUT2D eigenvalue weighted by Gasteiger charge is 2.29. The molecule has 0 spiro atoms. The van der Waals surface area contributed by atoms with Crippen molar-refractivity contribution in [1.82, 2.24) is 4.31 Å². The van der Waals surface area contributed by atoms with Crippen molar-refractivity contribution in [3.05, 3.63) is 29.3 Å². The Morgan fingerprint density at radius 2 is 2.10 bits per heavy atom. The molecule has 0 aromatic heterocycles. The largest absolute Gasteiger partial charge is 0.396 e. The summed E-state index contributed by atoms with van der Waals surface area (Å²) in [4.78, 5) is 0. The molecule has 1 atom stereocenters. The first-order valence-corrected chi connectivity index (χ1v) is 8.12. The minimum absolute atomic E-state index is 0.0977. The second-order valence-electron chi connectivity index (χ2n) is 5.24. The van der Waals surface area contributed by atoms with E-state index < -0.39 is 27.5 Å². The summed E-state index contributed by atoms with van der Waals surface area (Å²) >= 11 is 0. The molecule has 21 heavy (non-hydrogen) atoms. The Bertz CT molecular complexity index is 622. The first-order valence-electron chi connectivity index (χ1n) is 6.68. The van der Waals surface area contributed by atoms with E-state index in [0.717, 1.165) is 22.9 Å². The number of hydrogen-bond acceptors (Lipinski definition) is 3. The Balaban J connectivity index is 2.19. The number of nitrogens with one attached hydrogen (secondary N) is 1. The van der Waals surface area contributed by atoms with Gasteiger partial charge >= 0.3 is 10.2 Å². The third kappa shape index (κ3) is 3.69. The predicted octanol–water partition coefficient (Wildman–Crippen LogP) is 1.63. The SMILES string of the molecule is Cc1cc(F)c(NS(=O)(=O)N2CCCC(CO)C2)cc1F. The standard InChI is InChI=1S/C13H18F2N2O3S/c1-9-5-12(15)13(6-11(9)14)16-21(19,20)17-4-2-3-10(7-17)8-18/h5-6,10,16,18H,2-4,7-8H2,1H3. The van der Waals surface area contributed by atoms with E-state index in [1.807, 2.05) is 0 Å². The minimum Gasteiger partial charge on any atom is -0.396 e. The van der Waals surface area contributed by atoms with Gasteiger partial charge in [0.25, 0.3) is 0 Å². The Labute approximate surface area is 122 Å². The summed E-state index contributed by atoms with van der Waals surface area (Å²) in [5.74, 6) is -1.64. The van der Waals surface area contributed by atoms with Gasteiger partial charge in [0.2, 0.25) is 0 Å². The van der Waals surface area contributed by atoms with Crippen molar-refractivity contribution < 1.29 is 22.3 Å². The number of aryl methyl sites for hydroxylation is 1. The van der Waals surface area contributed by atoms with Gasteiger partial charge in [0.05, 0.1) is 5.69 Å². The zero-order chi connectivity index (χ0) is 15.6. The lowest BCUT2D eigenvalue weighted by atomic mass is 10.0. The summed E-state index contributed by atoms with van der Waals surface area (Å²) in [7, 11) is -3.97. The van der Waals surface area contributed by atoms with Crippen LogP contribution in [0.25, 0.3) is 0 Å². The van der Waals surface area contributed by atoms with Gasteiger partial charge < -0.3 is 5.11 Å². The van der Waals surface area contributed by atoms with Crippen LogP contribution in [-0.2, 0) is 10.2 Å². The average molecular weight is 320 g/mol. The monoisotopic (exact) mass is 320 g/mol. The molecule has 1 unspecified atom stereocenters. The van der Waals surface area contributed by atoms with Gasteiger partial charge in [-0.1, -0.05) is 0 Å². The summed E-state index contributed by atoms with van der Waals surface area (Å²) in [5.41, 5.74) is -0.307. The molecule has 0 aliphatic carbocycles. The first-order chi connectivity index (χ1) is 9.83. The number of aliphatic hydroxyl groups is 1. The van der Waals surface area contributed by atoms with Crippen molar-refractivity contribution in [1.29, 1.82) is 0 Å². The minimum atomic E-state index is -3.97. The van der Waals surface area contributed by atoms with Crippen LogP contribution in [0.3, 0.4) is 0 Å². The topological polar surface area (TPSA) is 69.6 Å². The van der Waals surface area contributed by atoms with Crippen LogP contribution in [0.5, 0.6) is 0 Å². The van der Waals surface area contributed by atoms with Crippen molar-refractivity contribution in [3.63, 3.8) is 0 Å². The molecule has 2 rings (SSSR count).